The van der Waals surface area contributed by atoms with Gasteiger partial charge in [-0.3, -0.25) is 4.98 Å². The van der Waals surface area contributed by atoms with Gasteiger partial charge in [0.2, 0.25) is 0 Å². The van der Waals surface area contributed by atoms with Gasteiger partial charge in [-0.15, -0.1) is 0 Å². The van der Waals surface area contributed by atoms with Crippen molar-refractivity contribution >= 4 is 6.03 Å². The van der Waals surface area contributed by atoms with E-state index in [0.717, 1.165) is 17.8 Å². The number of hydrogen-bond donors (Lipinski definition) is 2. The second-order valence-corrected chi connectivity index (χ2v) is 5.26. The first kappa shape index (κ1) is 17.7. The number of urea groups is 1. The van der Waals surface area contributed by atoms with E-state index in [1.54, 1.807) is 13.1 Å². The van der Waals surface area contributed by atoms with Crippen LogP contribution in [0, 0.1) is 11.6 Å². The lowest BCUT2D eigenvalue weighted by Crippen LogP contribution is -2.43. The van der Waals surface area contributed by atoms with E-state index < -0.39 is 11.6 Å². The number of rotatable bonds is 7. The summed E-state index contributed by atoms with van der Waals surface area (Å²) in [5.74, 6) is -1.50. The van der Waals surface area contributed by atoms with Gasteiger partial charge in [-0.1, -0.05) is 6.07 Å². The molecule has 0 unspecified atom stereocenters. The van der Waals surface area contributed by atoms with Gasteiger partial charge >= 0.3 is 6.03 Å². The third kappa shape index (κ3) is 5.83. The number of aromatic nitrogens is 1. The molecule has 0 aliphatic rings. The van der Waals surface area contributed by atoms with Gasteiger partial charge in [0.15, 0.2) is 11.6 Å². The second kappa shape index (κ2) is 8.81. The zero-order chi connectivity index (χ0) is 17.4. The quantitative estimate of drug-likeness (QED) is 0.818. The van der Waals surface area contributed by atoms with Crippen molar-refractivity contribution in [3.8, 4) is 5.75 Å². The average molecular weight is 335 g/mol. The van der Waals surface area contributed by atoms with Gasteiger partial charge in [0, 0.05) is 30.9 Å². The molecule has 0 spiro atoms. The van der Waals surface area contributed by atoms with Gasteiger partial charge in [-0.25, -0.2) is 13.6 Å². The molecule has 128 valence electrons. The lowest BCUT2D eigenvalue weighted by molar-refractivity contribution is 0.224. The zero-order valence-electron chi connectivity index (χ0n) is 13.3. The molecule has 0 radical (unpaired) electrons. The Hall–Kier alpha value is -2.70. The van der Waals surface area contributed by atoms with Crippen LogP contribution in [-0.2, 0) is 6.42 Å². The number of carbonyl (C=O) groups is 1. The minimum atomic E-state index is -0.776. The average Bonchev–Trinajstić information content (AvgIpc) is 2.55. The fourth-order valence-corrected chi connectivity index (χ4v) is 1.97. The van der Waals surface area contributed by atoms with Gasteiger partial charge in [-0.05, 0) is 31.2 Å². The van der Waals surface area contributed by atoms with Gasteiger partial charge in [0.1, 0.15) is 12.4 Å². The molecule has 0 saturated carbocycles. The molecule has 5 nitrogen and oxygen atoms in total. The standard InChI is InChI=1S/C17H19F2N3O2/c1-12(11-24-16-6-5-13(18)10-15(16)19)22-17(23)21-9-7-14-4-2-3-8-20-14/h2-6,8,10,12H,7,9,11H2,1H3,(H2,21,22,23)/t12-/m0/s1. The van der Waals surface area contributed by atoms with Gasteiger partial charge in [-0.2, -0.15) is 0 Å². The summed E-state index contributed by atoms with van der Waals surface area (Å²) in [5, 5.41) is 5.39. The number of hydrogen-bond acceptors (Lipinski definition) is 3. The smallest absolute Gasteiger partial charge is 0.315 e. The highest BCUT2D eigenvalue weighted by atomic mass is 19.1. The highest BCUT2D eigenvalue weighted by molar-refractivity contribution is 5.74. The van der Waals surface area contributed by atoms with Gasteiger partial charge in [0.25, 0.3) is 0 Å². The van der Waals surface area contributed by atoms with Crippen LogP contribution in [0.4, 0.5) is 13.6 Å². The zero-order valence-corrected chi connectivity index (χ0v) is 13.3. The highest BCUT2D eigenvalue weighted by Gasteiger charge is 2.10. The van der Waals surface area contributed by atoms with Crippen molar-refractivity contribution < 1.29 is 18.3 Å². The predicted octanol–water partition coefficient (Wildman–Crippen LogP) is 2.67. The SMILES string of the molecule is C[C@@H](COc1ccc(F)cc1F)NC(=O)NCCc1ccccn1. The van der Waals surface area contributed by atoms with Crippen molar-refractivity contribution in [2.45, 2.75) is 19.4 Å². The summed E-state index contributed by atoms with van der Waals surface area (Å²) >= 11 is 0. The summed E-state index contributed by atoms with van der Waals surface area (Å²) in [4.78, 5) is 15.9. The molecule has 2 rings (SSSR count). The maximum Gasteiger partial charge on any atom is 0.315 e. The summed E-state index contributed by atoms with van der Waals surface area (Å²) in [6.07, 6.45) is 2.32. The normalized spacial score (nSPS) is 11.6. The summed E-state index contributed by atoms with van der Waals surface area (Å²) in [5.41, 5.74) is 0.890. The van der Waals surface area contributed by atoms with Gasteiger partial charge in [0.05, 0.1) is 6.04 Å². The Kier molecular flexibility index (Phi) is 6.48. The van der Waals surface area contributed by atoms with Crippen LogP contribution in [0.2, 0.25) is 0 Å². The van der Waals surface area contributed by atoms with Crippen molar-refractivity contribution in [2.24, 2.45) is 0 Å². The number of halogens is 2. The van der Waals surface area contributed by atoms with Crippen LogP contribution in [0.1, 0.15) is 12.6 Å². The second-order valence-electron chi connectivity index (χ2n) is 5.26. The topological polar surface area (TPSA) is 63.2 Å². The molecule has 0 saturated heterocycles. The van der Waals surface area contributed by atoms with Crippen LogP contribution in [0.5, 0.6) is 5.75 Å². The van der Waals surface area contributed by atoms with E-state index in [1.807, 2.05) is 18.2 Å². The minimum absolute atomic E-state index is 0.0550. The Balaban J connectivity index is 1.67. The summed E-state index contributed by atoms with van der Waals surface area (Å²) in [6.45, 7) is 2.24. The lowest BCUT2D eigenvalue weighted by Gasteiger charge is -2.16. The molecular formula is C17H19F2N3O2. The van der Waals surface area contributed by atoms with E-state index >= 15 is 0 Å². The Labute approximate surface area is 139 Å². The molecule has 0 bridgehead atoms. The Bertz CT molecular complexity index is 668. The van der Waals surface area contributed by atoms with Crippen LogP contribution >= 0.6 is 0 Å². The summed E-state index contributed by atoms with van der Waals surface area (Å²) in [7, 11) is 0. The summed E-state index contributed by atoms with van der Waals surface area (Å²) < 4.78 is 31.4. The molecule has 1 aromatic heterocycles. The number of nitrogens with zero attached hydrogens (tertiary/aromatic N) is 1. The van der Waals surface area contributed by atoms with Crippen LogP contribution < -0.4 is 15.4 Å². The van der Waals surface area contributed by atoms with Gasteiger partial charge < -0.3 is 15.4 Å². The van der Waals surface area contributed by atoms with Crippen molar-refractivity contribution in [1.82, 2.24) is 15.6 Å². The van der Waals surface area contributed by atoms with E-state index in [-0.39, 0.29) is 24.4 Å². The van der Waals surface area contributed by atoms with E-state index in [0.29, 0.717) is 13.0 Å². The van der Waals surface area contributed by atoms with Crippen LogP contribution in [-0.4, -0.2) is 30.2 Å². The Morgan fingerprint density at radius 2 is 2.12 bits per heavy atom. The highest BCUT2D eigenvalue weighted by Crippen LogP contribution is 2.17. The number of carbonyl (C=O) groups excluding carboxylic acids is 1. The van der Waals surface area contributed by atoms with Crippen molar-refractivity contribution in [1.29, 1.82) is 0 Å². The number of nitrogens with one attached hydrogen (secondary N) is 2. The van der Waals surface area contributed by atoms with E-state index in [2.05, 4.69) is 15.6 Å². The molecule has 0 fully saturated rings. The molecule has 7 heteroatoms. The number of amides is 2. The first-order valence-corrected chi connectivity index (χ1v) is 7.56. The molecular weight excluding hydrogens is 316 g/mol. The number of ether oxygens (including phenoxy) is 1. The summed E-state index contributed by atoms with van der Waals surface area (Å²) in [6, 6.07) is 7.98. The molecule has 2 N–H and O–H groups in total. The maximum absolute atomic E-state index is 13.4. The van der Waals surface area contributed by atoms with Crippen LogP contribution in [0.15, 0.2) is 42.6 Å². The van der Waals surface area contributed by atoms with Crippen molar-refractivity contribution in [2.75, 3.05) is 13.2 Å². The molecule has 1 heterocycles. The number of pyridine rings is 1. The molecule has 0 aliphatic heterocycles. The van der Waals surface area contributed by atoms with Crippen molar-refractivity contribution in [3.63, 3.8) is 0 Å². The first-order chi connectivity index (χ1) is 11.5. The van der Waals surface area contributed by atoms with E-state index in [9.17, 15) is 13.6 Å². The third-order valence-corrected chi connectivity index (χ3v) is 3.15. The fourth-order valence-electron chi connectivity index (χ4n) is 1.97. The fraction of sp³-hybridized carbons (Fsp3) is 0.294. The Morgan fingerprint density at radius 3 is 2.83 bits per heavy atom. The molecule has 1 atom stereocenters. The largest absolute Gasteiger partial charge is 0.488 e. The molecule has 1 aromatic carbocycles. The van der Waals surface area contributed by atoms with E-state index in [1.165, 1.54) is 6.07 Å². The van der Waals surface area contributed by atoms with E-state index in [4.69, 9.17) is 4.74 Å². The number of benzene rings is 1. The molecule has 0 aliphatic carbocycles. The molecule has 2 amide bonds. The van der Waals surface area contributed by atoms with Crippen molar-refractivity contribution in [3.05, 3.63) is 59.9 Å². The third-order valence-electron chi connectivity index (χ3n) is 3.15. The Morgan fingerprint density at radius 1 is 1.29 bits per heavy atom. The predicted molar refractivity (Wildman–Crippen MR) is 85.8 cm³/mol. The minimum Gasteiger partial charge on any atom is -0.488 e. The first-order valence-electron chi connectivity index (χ1n) is 7.56. The molecule has 24 heavy (non-hydrogen) atoms. The molecule has 2 aromatic rings. The lowest BCUT2D eigenvalue weighted by atomic mass is 10.3. The maximum atomic E-state index is 13.4. The van der Waals surface area contributed by atoms with Crippen LogP contribution in [0.25, 0.3) is 0 Å². The van der Waals surface area contributed by atoms with Crippen LogP contribution in [0.3, 0.4) is 0 Å². The monoisotopic (exact) mass is 335 g/mol.